The van der Waals surface area contributed by atoms with Gasteiger partial charge in [0, 0.05) is 9.75 Å². The summed E-state index contributed by atoms with van der Waals surface area (Å²) in [7, 11) is 0. The second kappa shape index (κ2) is 4.67. The van der Waals surface area contributed by atoms with Crippen LogP contribution in [0.3, 0.4) is 0 Å². The van der Waals surface area contributed by atoms with Gasteiger partial charge in [-0.1, -0.05) is 0 Å². The highest BCUT2D eigenvalue weighted by molar-refractivity contribution is 7.81. The Hall–Kier alpha value is -0.480. The van der Waals surface area contributed by atoms with E-state index in [-0.39, 0.29) is 11.7 Å². The number of hydrogen-bond acceptors (Lipinski definition) is 3. The molecular formula is C9H13NOS2. The molecule has 13 heavy (non-hydrogen) atoms. The topological polar surface area (TPSA) is 29.1 Å². The van der Waals surface area contributed by atoms with Crippen LogP contribution in [0.2, 0.25) is 0 Å². The molecule has 1 amide bonds. The molecule has 1 aromatic rings. The third-order valence-corrected chi connectivity index (χ3v) is 3.26. The van der Waals surface area contributed by atoms with Crippen LogP contribution < -0.4 is 5.32 Å². The summed E-state index contributed by atoms with van der Waals surface area (Å²) < 4.78 is 0. The van der Waals surface area contributed by atoms with Crippen molar-refractivity contribution in [2.75, 3.05) is 5.75 Å². The molecule has 72 valence electrons. The first-order valence-electron chi connectivity index (χ1n) is 4.07. The van der Waals surface area contributed by atoms with Gasteiger partial charge >= 0.3 is 0 Å². The zero-order chi connectivity index (χ0) is 9.84. The summed E-state index contributed by atoms with van der Waals surface area (Å²) in [6.07, 6.45) is 0. The third-order valence-electron chi connectivity index (χ3n) is 1.82. The van der Waals surface area contributed by atoms with E-state index in [0.29, 0.717) is 6.54 Å². The number of hydrogen-bond donors (Lipinski definition) is 2. The molecule has 1 aromatic heterocycles. The maximum Gasteiger partial charge on any atom is 0.230 e. The monoisotopic (exact) mass is 215 g/mol. The number of amides is 1. The van der Waals surface area contributed by atoms with Gasteiger partial charge in [-0.15, -0.1) is 11.3 Å². The Balaban J connectivity index is 2.50. The van der Waals surface area contributed by atoms with E-state index >= 15 is 0 Å². The lowest BCUT2D eigenvalue weighted by atomic mass is 10.3. The number of thiophene rings is 1. The van der Waals surface area contributed by atoms with E-state index in [0.717, 1.165) is 0 Å². The summed E-state index contributed by atoms with van der Waals surface area (Å²) in [5, 5.41) is 2.78. The lowest BCUT2D eigenvalue weighted by Crippen LogP contribution is -2.23. The number of carbonyl (C=O) groups is 1. The van der Waals surface area contributed by atoms with E-state index in [9.17, 15) is 4.79 Å². The molecule has 0 aliphatic rings. The molecule has 4 heteroatoms. The maximum atomic E-state index is 10.9. The molecule has 0 saturated heterocycles. The second-order valence-electron chi connectivity index (χ2n) is 2.89. The smallest absolute Gasteiger partial charge is 0.230 e. The third kappa shape index (κ3) is 3.04. The van der Waals surface area contributed by atoms with Gasteiger partial charge in [-0.05, 0) is 25.5 Å². The SMILES string of the molecule is Cc1cc(CNC(=O)CS)sc1C. The number of thiol groups is 1. The van der Waals surface area contributed by atoms with Gasteiger partial charge in [0.1, 0.15) is 0 Å². The Bertz CT molecular complexity index is 287. The van der Waals surface area contributed by atoms with Gasteiger partial charge in [-0.25, -0.2) is 0 Å². The van der Waals surface area contributed by atoms with Crippen LogP contribution in [0.15, 0.2) is 6.07 Å². The van der Waals surface area contributed by atoms with E-state index in [1.807, 2.05) is 0 Å². The fourth-order valence-corrected chi connectivity index (χ4v) is 2.08. The predicted octanol–water partition coefficient (Wildman–Crippen LogP) is 1.91. The Labute approximate surface area is 87.8 Å². The van der Waals surface area contributed by atoms with E-state index in [4.69, 9.17) is 0 Å². The highest BCUT2D eigenvalue weighted by Gasteiger charge is 2.02. The molecule has 0 aliphatic heterocycles. The summed E-state index contributed by atoms with van der Waals surface area (Å²) in [5.74, 6) is 0.232. The van der Waals surface area contributed by atoms with Crippen LogP contribution in [0.5, 0.6) is 0 Å². The van der Waals surface area contributed by atoms with Crippen molar-refractivity contribution in [3.63, 3.8) is 0 Å². The first-order valence-corrected chi connectivity index (χ1v) is 5.52. The first-order chi connectivity index (χ1) is 6.13. The van der Waals surface area contributed by atoms with Gasteiger partial charge in [0.05, 0.1) is 12.3 Å². The Kier molecular flexibility index (Phi) is 3.81. The fourth-order valence-electron chi connectivity index (χ4n) is 0.978. The molecule has 0 aliphatic carbocycles. The normalized spacial score (nSPS) is 10.1. The molecule has 2 nitrogen and oxygen atoms in total. The zero-order valence-corrected chi connectivity index (χ0v) is 9.47. The van der Waals surface area contributed by atoms with E-state index in [1.54, 1.807) is 11.3 Å². The van der Waals surface area contributed by atoms with Crippen LogP contribution in [0.25, 0.3) is 0 Å². The summed E-state index contributed by atoms with van der Waals surface area (Å²) in [6, 6.07) is 2.11. The van der Waals surface area contributed by atoms with Gasteiger partial charge < -0.3 is 5.32 Å². The zero-order valence-electron chi connectivity index (χ0n) is 7.76. The first kappa shape index (κ1) is 10.6. The van der Waals surface area contributed by atoms with Crippen molar-refractivity contribution >= 4 is 29.9 Å². The van der Waals surface area contributed by atoms with Crippen molar-refractivity contribution in [1.82, 2.24) is 5.32 Å². The van der Waals surface area contributed by atoms with Gasteiger partial charge in [0.2, 0.25) is 5.91 Å². The molecule has 0 atom stereocenters. The number of nitrogens with one attached hydrogen (secondary N) is 1. The number of carbonyl (C=O) groups excluding carboxylic acids is 1. The Morgan fingerprint density at radius 2 is 2.31 bits per heavy atom. The summed E-state index contributed by atoms with van der Waals surface area (Å²) in [5.41, 5.74) is 1.29. The fraction of sp³-hybridized carbons (Fsp3) is 0.444. The molecule has 0 radical (unpaired) electrons. The van der Waals surface area contributed by atoms with E-state index in [2.05, 4.69) is 37.9 Å². The van der Waals surface area contributed by atoms with Crippen molar-refractivity contribution in [1.29, 1.82) is 0 Å². The Morgan fingerprint density at radius 3 is 2.77 bits per heavy atom. The summed E-state index contributed by atoms with van der Waals surface area (Å²) >= 11 is 5.61. The molecule has 0 spiro atoms. The highest BCUT2D eigenvalue weighted by Crippen LogP contribution is 2.20. The van der Waals surface area contributed by atoms with Gasteiger partial charge in [-0.3, -0.25) is 4.79 Å². The summed E-state index contributed by atoms with van der Waals surface area (Å²) in [6.45, 7) is 4.79. The van der Waals surface area contributed by atoms with Crippen LogP contribution >= 0.6 is 24.0 Å². The highest BCUT2D eigenvalue weighted by atomic mass is 32.1. The van der Waals surface area contributed by atoms with E-state index in [1.165, 1.54) is 15.3 Å². The van der Waals surface area contributed by atoms with E-state index < -0.39 is 0 Å². The van der Waals surface area contributed by atoms with Crippen LogP contribution in [0, 0.1) is 13.8 Å². The lowest BCUT2D eigenvalue weighted by molar-refractivity contribution is -0.118. The minimum absolute atomic E-state index is 0.0213. The minimum atomic E-state index is -0.0213. The van der Waals surface area contributed by atoms with Crippen molar-refractivity contribution in [2.24, 2.45) is 0 Å². The van der Waals surface area contributed by atoms with Crippen LogP contribution in [-0.2, 0) is 11.3 Å². The molecule has 0 unspecified atom stereocenters. The average molecular weight is 215 g/mol. The number of aryl methyl sites for hydroxylation is 2. The molecule has 1 N–H and O–H groups in total. The van der Waals surface area contributed by atoms with Crippen molar-refractivity contribution in [3.8, 4) is 0 Å². The van der Waals surface area contributed by atoms with Crippen LogP contribution in [0.4, 0.5) is 0 Å². The molecule has 1 rings (SSSR count). The minimum Gasteiger partial charge on any atom is -0.351 e. The molecule has 1 heterocycles. The molecule has 0 fully saturated rings. The largest absolute Gasteiger partial charge is 0.351 e. The van der Waals surface area contributed by atoms with Gasteiger partial charge in [0.25, 0.3) is 0 Å². The predicted molar refractivity (Wildman–Crippen MR) is 59.5 cm³/mol. The quantitative estimate of drug-likeness (QED) is 0.741. The molecule has 0 bridgehead atoms. The summed E-state index contributed by atoms with van der Waals surface area (Å²) in [4.78, 5) is 13.4. The van der Waals surface area contributed by atoms with Gasteiger partial charge in [-0.2, -0.15) is 12.6 Å². The Morgan fingerprint density at radius 1 is 1.62 bits per heavy atom. The van der Waals surface area contributed by atoms with Crippen molar-refractivity contribution in [2.45, 2.75) is 20.4 Å². The molecule has 0 saturated carbocycles. The van der Waals surface area contributed by atoms with Crippen molar-refractivity contribution in [3.05, 3.63) is 21.4 Å². The molecule has 0 aromatic carbocycles. The van der Waals surface area contributed by atoms with Crippen LogP contribution in [0.1, 0.15) is 15.3 Å². The molecular weight excluding hydrogens is 202 g/mol. The van der Waals surface area contributed by atoms with Crippen LogP contribution in [-0.4, -0.2) is 11.7 Å². The number of rotatable bonds is 3. The van der Waals surface area contributed by atoms with Gasteiger partial charge in [0.15, 0.2) is 0 Å². The standard InChI is InChI=1S/C9H13NOS2/c1-6-3-8(13-7(6)2)4-10-9(11)5-12/h3,12H,4-5H2,1-2H3,(H,10,11). The lowest BCUT2D eigenvalue weighted by Gasteiger charge is -1.99. The average Bonchev–Trinajstić information content (AvgIpc) is 2.42. The maximum absolute atomic E-state index is 10.9. The second-order valence-corrected chi connectivity index (χ2v) is 4.54. The van der Waals surface area contributed by atoms with Crippen molar-refractivity contribution < 1.29 is 4.79 Å².